The summed E-state index contributed by atoms with van der Waals surface area (Å²) in [7, 11) is 0. The van der Waals surface area contributed by atoms with Crippen molar-refractivity contribution in [3.8, 4) is 0 Å². The predicted octanol–water partition coefficient (Wildman–Crippen LogP) is 0.777. The maximum absolute atomic E-state index is 11.6. The van der Waals surface area contributed by atoms with E-state index in [0.29, 0.717) is 25.6 Å². The van der Waals surface area contributed by atoms with Crippen LogP contribution in [-0.2, 0) is 15.0 Å². The van der Waals surface area contributed by atoms with Crippen molar-refractivity contribution in [3.05, 3.63) is 12.0 Å². The van der Waals surface area contributed by atoms with Gasteiger partial charge in [0.15, 0.2) is 5.69 Å². The lowest BCUT2D eigenvalue weighted by atomic mass is 10.0. The fraction of sp³-hybridized carbons (Fsp3) is 0.636. The summed E-state index contributed by atoms with van der Waals surface area (Å²) < 4.78 is 12.1. The van der Waals surface area contributed by atoms with Gasteiger partial charge in [0.05, 0.1) is 25.1 Å². The van der Waals surface area contributed by atoms with Gasteiger partial charge in [-0.05, 0) is 20.3 Å². The van der Waals surface area contributed by atoms with Crippen LogP contribution in [0.3, 0.4) is 0 Å². The second-order valence-corrected chi connectivity index (χ2v) is 4.37. The van der Waals surface area contributed by atoms with Crippen LogP contribution in [-0.4, -0.2) is 35.3 Å². The Hall–Kier alpha value is -1.56. The normalized spacial score (nSPS) is 23.9. The van der Waals surface area contributed by atoms with Gasteiger partial charge < -0.3 is 19.8 Å². The molecular weight excluding hydrogens is 222 g/mol. The summed E-state index contributed by atoms with van der Waals surface area (Å²) >= 11 is 0. The lowest BCUT2D eigenvalue weighted by Crippen LogP contribution is -2.31. The smallest absolute Gasteiger partial charge is 0.360 e. The number of carbonyl (C=O) groups is 1. The lowest BCUT2D eigenvalue weighted by Gasteiger charge is -2.24. The number of esters is 1. The Labute approximate surface area is 99.7 Å². The third-order valence-corrected chi connectivity index (χ3v) is 3.05. The highest BCUT2D eigenvalue weighted by Gasteiger charge is 2.34. The molecule has 0 aliphatic carbocycles. The predicted molar refractivity (Wildman–Crippen MR) is 61.7 cm³/mol. The molecule has 1 saturated heterocycles. The molecule has 0 radical (unpaired) electrons. The molecule has 0 amide bonds. The zero-order chi connectivity index (χ0) is 12.5. The Morgan fingerprint density at radius 3 is 3.12 bits per heavy atom. The number of nitrogens with two attached hydrogens (primary N) is 1. The molecule has 1 aliphatic rings. The van der Waals surface area contributed by atoms with Gasteiger partial charge in [0.2, 0.25) is 0 Å². The standard InChI is InChI=1S/C11H17N3O3/c1-3-17-10(15)8-9(12)14(7-13-8)11(2)4-5-16-6-11/h7H,3-6,12H2,1-2H3. The number of aromatic nitrogens is 2. The number of anilines is 1. The van der Waals surface area contributed by atoms with Gasteiger partial charge in [-0.15, -0.1) is 0 Å². The zero-order valence-electron chi connectivity index (χ0n) is 10.1. The van der Waals surface area contributed by atoms with Gasteiger partial charge >= 0.3 is 5.97 Å². The molecule has 0 aromatic carbocycles. The molecule has 6 nitrogen and oxygen atoms in total. The zero-order valence-corrected chi connectivity index (χ0v) is 10.1. The van der Waals surface area contributed by atoms with E-state index in [4.69, 9.17) is 15.2 Å². The molecule has 1 aliphatic heterocycles. The van der Waals surface area contributed by atoms with E-state index in [2.05, 4.69) is 4.98 Å². The molecule has 1 fully saturated rings. The number of nitrogens with zero attached hydrogens (tertiary/aromatic N) is 2. The van der Waals surface area contributed by atoms with Crippen LogP contribution in [0.25, 0.3) is 0 Å². The number of imidazole rings is 1. The second-order valence-electron chi connectivity index (χ2n) is 4.37. The Morgan fingerprint density at radius 1 is 1.76 bits per heavy atom. The van der Waals surface area contributed by atoms with Crippen molar-refractivity contribution in [1.82, 2.24) is 9.55 Å². The van der Waals surface area contributed by atoms with Gasteiger partial charge in [-0.2, -0.15) is 0 Å². The summed E-state index contributed by atoms with van der Waals surface area (Å²) in [6.45, 7) is 5.37. The number of hydrogen-bond donors (Lipinski definition) is 1. The number of hydrogen-bond acceptors (Lipinski definition) is 5. The molecule has 1 unspecified atom stereocenters. The summed E-state index contributed by atoms with van der Waals surface area (Å²) in [6.07, 6.45) is 2.44. The summed E-state index contributed by atoms with van der Waals surface area (Å²) in [5, 5.41) is 0. The SMILES string of the molecule is CCOC(=O)c1ncn(C2(C)CCOC2)c1N. The van der Waals surface area contributed by atoms with E-state index in [0.717, 1.165) is 6.42 Å². The summed E-state index contributed by atoms with van der Waals surface area (Å²) in [4.78, 5) is 15.6. The minimum absolute atomic E-state index is 0.181. The second kappa shape index (κ2) is 4.37. The van der Waals surface area contributed by atoms with Crippen molar-refractivity contribution < 1.29 is 14.3 Å². The molecule has 0 spiro atoms. The van der Waals surface area contributed by atoms with Crippen molar-refractivity contribution in [2.75, 3.05) is 25.6 Å². The minimum Gasteiger partial charge on any atom is -0.461 e. The van der Waals surface area contributed by atoms with Crippen LogP contribution >= 0.6 is 0 Å². The molecule has 2 N–H and O–H groups in total. The first kappa shape index (κ1) is 11.9. The molecule has 94 valence electrons. The van der Waals surface area contributed by atoms with E-state index >= 15 is 0 Å². The topological polar surface area (TPSA) is 79.4 Å². The van der Waals surface area contributed by atoms with Crippen molar-refractivity contribution in [1.29, 1.82) is 0 Å². The highest BCUT2D eigenvalue weighted by atomic mass is 16.5. The summed E-state index contributed by atoms with van der Waals surface area (Å²) in [5.41, 5.74) is 5.90. The largest absolute Gasteiger partial charge is 0.461 e. The van der Waals surface area contributed by atoms with Gasteiger partial charge in [-0.3, -0.25) is 0 Å². The molecule has 1 aromatic heterocycles. The van der Waals surface area contributed by atoms with Gasteiger partial charge in [0.1, 0.15) is 5.82 Å². The third-order valence-electron chi connectivity index (χ3n) is 3.05. The number of carbonyl (C=O) groups excluding carboxylic acids is 1. The van der Waals surface area contributed by atoms with E-state index in [-0.39, 0.29) is 11.2 Å². The molecular formula is C11H17N3O3. The molecule has 1 atom stereocenters. The van der Waals surface area contributed by atoms with Crippen LogP contribution in [0.5, 0.6) is 0 Å². The summed E-state index contributed by atoms with van der Waals surface area (Å²) in [6, 6.07) is 0. The first-order chi connectivity index (χ1) is 8.08. The monoisotopic (exact) mass is 239 g/mol. The average Bonchev–Trinajstić information content (AvgIpc) is 2.86. The van der Waals surface area contributed by atoms with Gasteiger partial charge in [-0.25, -0.2) is 9.78 Å². The fourth-order valence-electron chi connectivity index (χ4n) is 1.99. The van der Waals surface area contributed by atoms with Crippen molar-refractivity contribution in [2.45, 2.75) is 25.8 Å². The number of rotatable bonds is 3. The summed E-state index contributed by atoms with van der Waals surface area (Å²) in [5.74, 6) is -0.136. The molecule has 0 bridgehead atoms. The average molecular weight is 239 g/mol. The first-order valence-corrected chi connectivity index (χ1v) is 5.66. The molecule has 0 saturated carbocycles. The van der Waals surface area contributed by atoms with Crippen LogP contribution < -0.4 is 5.73 Å². The molecule has 2 heterocycles. The Bertz CT molecular complexity index is 422. The van der Waals surface area contributed by atoms with Gasteiger partial charge in [0, 0.05) is 6.61 Å². The van der Waals surface area contributed by atoms with Crippen LogP contribution in [0, 0.1) is 0 Å². The third kappa shape index (κ3) is 2.00. The minimum atomic E-state index is -0.480. The molecule has 2 rings (SSSR count). The van der Waals surface area contributed by atoms with Gasteiger partial charge in [0.25, 0.3) is 0 Å². The van der Waals surface area contributed by atoms with Crippen LogP contribution in [0.4, 0.5) is 5.82 Å². The Kier molecular flexibility index (Phi) is 3.06. The van der Waals surface area contributed by atoms with Crippen molar-refractivity contribution in [2.24, 2.45) is 0 Å². The van der Waals surface area contributed by atoms with Crippen LogP contribution in [0.1, 0.15) is 30.8 Å². The number of nitrogen functional groups attached to an aromatic ring is 1. The van der Waals surface area contributed by atoms with E-state index < -0.39 is 5.97 Å². The van der Waals surface area contributed by atoms with E-state index in [1.54, 1.807) is 17.8 Å². The van der Waals surface area contributed by atoms with Crippen molar-refractivity contribution in [3.63, 3.8) is 0 Å². The molecule has 1 aromatic rings. The van der Waals surface area contributed by atoms with Gasteiger partial charge in [-0.1, -0.05) is 0 Å². The quantitative estimate of drug-likeness (QED) is 0.788. The number of ether oxygens (including phenoxy) is 2. The molecule has 6 heteroatoms. The van der Waals surface area contributed by atoms with Crippen molar-refractivity contribution >= 4 is 11.8 Å². The Morgan fingerprint density at radius 2 is 2.53 bits per heavy atom. The van der Waals surface area contributed by atoms with E-state index in [1.807, 2.05) is 6.92 Å². The maximum Gasteiger partial charge on any atom is 0.360 e. The Balaban J connectivity index is 2.29. The lowest BCUT2D eigenvalue weighted by molar-refractivity contribution is 0.0521. The van der Waals surface area contributed by atoms with Crippen LogP contribution in [0.15, 0.2) is 6.33 Å². The van der Waals surface area contributed by atoms with E-state index in [1.165, 1.54) is 0 Å². The van der Waals surface area contributed by atoms with Crippen LogP contribution in [0.2, 0.25) is 0 Å². The highest BCUT2D eigenvalue weighted by molar-refractivity contribution is 5.92. The van der Waals surface area contributed by atoms with E-state index in [9.17, 15) is 4.79 Å². The maximum atomic E-state index is 11.6. The fourth-order valence-corrected chi connectivity index (χ4v) is 1.99. The first-order valence-electron chi connectivity index (χ1n) is 5.66. The highest BCUT2D eigenvalue weighted by Crippen LogP contribution is 2.30. The molecule has 17 heavy (non-hydrogen) atoms.